The number of nitrogens with one attached hydrogen (secondary N) is 1. The number of likely N-dealkylation sites (tertiary alicyclic amines) is 1. The highest BCUT2D eigenvalue weighted by Crippen LogP contribution is 2.29. The molecule has 28 heavy (non-hydrogen) atoms. The number of benzene rings is 1. The Morgan fingerprint density at radius 1 is 1.36 bits per heavy atom. The number of anilines is 1. The molecule has 2 atom stereocenters. The number of piperidine rings is 1. The number of hydrogen-bond donors (Lipinski definition) is 2. The number of ketones is 1. The third-order valence-corrected chi connectivity index (χ3v) is 6.36. The van der Waals surface area contributed by atoms with Gasteiger partial charge in [-0.1, -0.05) is 6.07 Å². The highest BCUT2D eigenvalue weighted by atomic mass is 32.1. The third kappa shape index (κ3) is 4.27. The molecule has 0 radical (unpaired) electrons. The number of aliphatic hydroxyl groups excluding tert-OH is 1. The van der Waals surface area contributed by atoms with Crippen LogP contribution < -0.4 is 10.1 Å². The van der Waals surface area contributed by atoms with Gasteiger partial charge in [0.05, 0.1) is 4.88 Å². The molecule has 1 aromatic heterocycles. The molecule has 1 saturated heterocycles. The van der Waals surface area contributed by atoms with Gasteiger partial charge >= 0.3 is 0 Å². The molecule has 4 rings (SSSR count). The molecule has 0 spiro atoms. The molecule has 0 saturated carbocycles. The second kappa shape index (κ2) is 8.03. The van der Waals surface area contributed by atoms with Gasteiger partial charge in [0, 0.05) is 37.8 Å². The van der Waals surface area contributed by atoms with Gasteiger partial charge in [-0.3, -0.25) is 14.5 Å². The number of hydrogen-bond acceptors (Lipinski definition) is 6. The summed E-state index contributed by atoms with van der Waals surface area (Å²) in [6, 6.07) is 7.67. The predicted octanol–water partition coefficient (Wildman–Crippen LogP) is 2.85. The highest BCUT2D eigenvalue weighted by Gasteiger charge is 2.29. The summed E-state index contributed by atoms with van der Waals surface area (Å²) in [5.74, 6) is 0.784. The van der Waals surface area contributed by atoms with Gasteiger partial charge in [-0.25, -0.2) is 0 Å². The van der Waals surface area contributed by atoms with Gasteiger partial charge < -0.3 is 15.2 Å². The first-order valence-electron chi connectivity index (χ1n) is 9.56. The van der Waals surface area contributed by atoms with Gasteiger partial charge in [0.1, 0.15) is 18.0 Å². The lowest BCUT2D eigenvalue weighted by Crippen LogP contribution is -2.48. The third-order valence-electron chi connectivity index (χ3n) is 5.28. The number of nitrogens with zero attached hydrogens (tertiary/aromatic N) is 1. The molecule has 0 aliphatic carbocycles. The van der Waals surface area contributed by atoms with Crippen LogP contribution in [-0.4, -0.2) is 47.0 Å². The van der Waals surface area contributed by atoms with Gasteiger partial charge in [-0.15, -0.1) is 11.3 Å². The molecule has 7 heteroatoms. The van der Waals surface area contributed by atoms with Crippen LogP contribution in [0.25, 0.3) is 0 Å². The average molecular weight is 401 g/mol. The Balaban J connectivity index is 1.35. The van der Waals surface area contributed by atoms with Crippen LogP contribution in [-0.2, 0) is 17.8 Å². The Morgan fingerprint density at radius 3 is 2.96 bits per heavy atom. The quantitative estimate of drug-likeness (QED) is 0.755. The summed E-state index contributed by atoms with van der Waals surface area (Å²) >= 11 is 1.47. The first kappa shape index (κ1) is 19.1. The normalized spacial score (nSPS) is 22.4. The van der Waals surface area contributed by atoms with E-state index in [-0.39, 0.29) is 17.8 Å². The van der Waals surface area contributed by atoms with E-state index in [1.54, 1.807) is 6.92 Å². The number of β-amino-alcohol motifs (C(OH)–C–C–N with tert-alkyl or cyclic N) is 1. The van der Waals surface area contributed by atoms with Crippen molar-refractivity contribution in [3.05, 3.63) is 45.6 Å². The summed E-state index contributed by atoms with van der Waals surface area (Å²) in [6.07, 6.45) is 1.11. The topological polar surface area (TPSA) is 78.9 Å². The standard InChI is InChI=1S/C21H24N2O4S/c1-13(24)20-8-14(12-28-20)10-23-7-6-19(18(25)11-23)27-16-4-2-15-3-5-21(26)22-17(15)9-16/h2,4,8-9,12,18-19,25H,3,5-7,10-11H2,1H3,(H,22,26)/t18-,19-/m1/s1. The number of aryl methyl sites for hydroxylation is 1. The van der Waals surface area contributed by atoms with E-state index >= 15 is 0 Å². The molecule has 1 fully saturated rings. The molecular formula is C21H24N2O4S. The van der Waals surface area contributed by atoms with E-state index in [0.29, 0.717) is 25.1 Å². The van der Waals surface area contributed by atoms with Crippen LogP contribution in [0.3, 0.4) is 0 Å². The second-order valence-electron chi connectivity index (χ2n) is 7.49. The van der Waals surface area contributed by atoms with Crippen LogP contribution in [0.2, 0.25) is 0 Å². The fourth-order valence-electron chi connectivity index (χ4n) is 3.76. The summed E-state index contributed by atoms with van der Waals surface area (Å²) in [6.45, 7) is 3.64. The van der Waals surface area contributed by atoms with Crippen LogP contribution in [0, 0.1) is 0 Å². The first-order chi connectivity index (χ1) is 13.5. The molecule has 1 amide bonds. The lowest BCUT2D eigenvalue weighted by atomic mass is 10.0. The summed E-state index contributed by atoms with van der Waals surface area (Å²) < 4.78 is 6.03. The second-order valence-corrected chi connectivity index (χ2v) is 8.40. The Labute approximate surface area is 168 Å². The zero-order valence-corrected chi connectivity index (χ0v) is 16.6. The maximum Gasteiger partial charge on any atom is 0.224 e. The van der Waals surface area contributed by atoms with Gasteiger partial charge in [-0.05, 0) is 48.4 Å². The highest BCUT2D eigenvalue weighted by molar-refractivity contribution is 7.12. The van der Waals surface area contributed by atoms with Crippen LogP contribution in [0.15, 0.2) is 29.6 Å². The number of aliphatic hydroxyl groups is 1. The summed E-state index contributed by atoms with van der Waals surface area (Å²) in [4.78, 5) is 26.0. The van der Waals surface area contributed by atoms with Gasteiger partial charge in [0.2, 0.25) is 5.91 Å². The van der Waals surface area contributed by atoms with Crippen LogP contribution >= 0.6 is 11.3 Å². The number of carbonyl (C=O) groups excluding carboxylic acids is 2. The fourth-order valence-corrected chi connectivity index (χ4v) is 4.56. The Bertz CT molecular complexity index is 894. The summed E-state index contributed by atoms with van der Waals surface area (Å²) in [5, 5.41) is 15.5. The molecule has 2 aromatic rings. The van der Waals surface area contributed by atoms with Gasteiger partial charge in [0.15, 0.2) is 5.78 Å². The van der Waals surface area contributed by atoms with Crippen molar-refractivity contribution in [2.24, 2.45) is 0 Å². The molecule has 0 bridgehead atoms. The van der Waals surface area contributed by atoms with Crippen molar-refractivity contribution in [3.8, 4) is 5.75 Å². The number of ether oxygens (including phenoxy) is 1. The number of fused-ring (bicyclic) bond motifs is 1. The summed E-state index contributed by atoms with van der Waals surface area (Å²) in [7, 11) is 0. The van der Waals surface area contributed by atoms with E-state index in [2.05, 4.69) is 10.2 Å². The molecule has 2 aliphatic heterocycles. The van der Waals surface area contributed by atoms with E-state index in [1.807, 2.05) is 29.6 Å². The minimum atomic E-state index is -0.592. The van der Waals surface area contributed by atoms with Crippen molar-refractivity contribution in [1.82, 2.24) is 4.90 Å². The van der Waals surface area contributed by atoms with Crippen LogP contribution in [0.1, 0.15) is 40.6 Å². The molecular weight excluding hydrogens is 376 g/mol. The number of amides is 1. The molecule has 148 valence electrons. The maximum atomic E-state index is 11.6. The smallest absolute Gasteiger partial charge is 0.224 e. The maximum absolute atomic E-state index is 11.6. The first-order valence-corrected chi connectivity index (χ1v) is 10.4. The zero-order chi connectivity index (χ0) is 19.7. The number of Topliss-reactive ketones (excluding diaryl/α,β-unsaturated/α-hetero) is 1. The number of thiophene rings is 1. The van der Waals surface area contributed by atoms with E-state index in [4.69, 9.17) is 4.74 Å². The lowest BCUT2D eigenvalue weighted by molar-refractivity contribution is -0.116. The summed E-state index contributed by atoms with van der Waals surface area (Å²) in [5.41, 5.74) is 3.02. The van der Waals surface area contributed by atoms with E-state index in [9.17, 15) is 14.7 Å². The predicted molar refractivity (Wildman–Crippen MR) is 108 cm³/mol. The van der Waals surface area contributed by atoms with Gasteiger partial charge in [0.25, 0.3) is 0 Å². The minimum Gasteiger partial charge on any atom is -0.488 e. The SMILES string of the molecule is CC(=O)c1cc(CN2CC[C@@H](Oc3ccc4c(c3)NC(=O)CC4)[C@H](O)C2)cs1. The van der Waals surface area contributed by atoms with Crippen LogP contribution in [0.4, 0.5) is 5.69 Å². The molecule has 1 aromatic carbocycles. The van der Waals surface area contributed by atoms with Crippen molar-refractivity contribution < 1.29 is 19.4 Å². The van der Waals surface area contributed by atoms with E-state index in [1.165, 1.54) is 11.3 Å². The van der Waals surface area contributed by atoms with Crippen molar-refractivity contribution >= 4 is 28.7 Å². The Hall–Kier alpha value is -2.22. The molecule has 6 nitrogen and oxygen atoms in total. The van der Waals surface area contributed by atoms with Gasteiger partial charge in [-0.2, -0.15) is 0 Å². The van der Waals surface area contributed by atoms with E-state index in [0.717, 1.165) is 41.2 Å². The number of carbonyl (C=O) groups is 2. The van der Waals surface area contributed by atoms with Crippen molar-refractivity contribution in [3.63, 3.8) is 0 Å². The monoisotopic (exact) mass is 400 g/mol. The van der Waals surface area contributed by atoms with Crippen LogP contribution in [0.5, 0.6) is 5.75 Å². The molecule has 3 heterocycles. The lowest BCUT2D eigenvalue weighted by Gasteiger charge is -2.36. The average Bonchev–Trinajstić information content (AvgIpc) is 3.12. The fraction of sp³-hybridized carbons (Fsp3) is 0.429. The molecule has 0 unspecified atom stereocenters. The zero-order valence-electron chi connectivity index (χ0n) is 15.8. The Morgan fingerprint density at radius 2 is 2.21 bits per heavy atom. The number of rotatable bonds is 5. The molecule has 2 N–H and O–H groups in total. The van der Waals surface area contributed by atoms with Crippen molar-refractivity contribution in [2.75, 3.05) is 18.4 Å². The molecule has 2 aliphatic rings. The van der Waals surface area contributed by atoms with Crippen molar-refractivity contribution in [2.45, 2.75) is 44.9 Å². The Kier molecular flexibility index (Phi) is 5.48. The largest absolute Gasteiger partial charge is 0.488 e. The van der Waals surface area contributed by atoms with E-state index < -0.39 is 6.10 Å². The minimum absolute atomic E-state index is 0.0272. The van der Waals surface area contributed by atoms with Crippen molar-refractivity contribution in [1.29, 1.82) is 0 Å².